The standard InChI is InChI=1S/C27H35N2O/c1-5-29(6-2)22-16-14-21(25(20-22)30-4)15-17-26-27(18-10-7-11-19-27)23-12-8-9-13-24(23)28(26)3/h8-9,12-17,20H,5-7,10-11,18-19H2,1-4H3/q+1. The molecule has 1 saturated carbocycles. The highest BCUT2D eigenvalue weighted by molar-refractivity contribution is 6.06. The largest absolute Gasteiger partial charge is 0.496 e. The zero-order valence-corrected chi connectivity index (χ0v) is 18.9. The van der Waals surface area contributed by atoms with Crippen LogP contribution in [-0.2, 0) is 5.41 Å². The topological polar surface area (TPSA) is 15.5 Å². The Morgan fingerprint density at radius 3 is 2.43 bits per heavy atom. The molecule has 4 rings (SSSR count). The van der Waals surface area contributed by atoms with Crippen LogP contribution in [0, 0.1) is 0 Å². The third-order valence-electron chi connectivity index (χ3n) is 7.11. The van der Waals surface area contributed by atoms with Crippen LogP contribution in [0.15, 0.2) is 48.5 Å². The number of methoxy groups -OCH3 is 1. The highest BCUT2D eigenvalue weighted by Gasteiger charge is 2.50. The summed E-state index contributed by atoms with van der Waals surface area (Å²) in [5.41, 5.74) is 6.82. The van der Waals surface area contributed by atoms with Crippen LogP contribution in [0.25, 0.3) is 6.08 Å². The van der Waals surface area contributed by atoms with Gasteiger partial charge in [-0.25, -0.2) is 0 Å². The number of anilines is 1. The molecule has 0 radical (unpaired) electrons. The first-order valence-corrected chi connectivity index (χ1v) is 11.5. The molecule has 0 aromatic heterocycles. The summed E-state index contributed by atoms with van der Waals surface area (Å²) in [7, 11) is 3.99. The summed E-state index contributed by atoms with van der Waals surface area (Å²) in [6.07, 6.45) is 11.0. The van der Waals surface area contributed by atoms with Crippen LogP contribution in [0.4, 0.5) is 11.4 Å². The molecule has 0 atom stereocenters. The van der Waals surface area contributed by atoms with E-state index in [0.717, 1.165) is 24.4 Å². The molecule has 0 N–H and O–H groups in total. The maximum Gasteiger partial charge on any atom is 0.209 e. The number of para-hydroxylation sites is 1. The second-order valence-corrected chi connectivity index (χ2v) is 8.54. The quantitative estimate of drug-likeness (QED) is 0.535. The lowest BCUT2D eigenvalue weighted by atomic mass is 9.67. The molecule has 2 aromatic rings. The van der Waals surface area contributed by atoms with Crippen molar-refractivity contribution in [2.24, 2.45) is 0 Å². The molecule has 3 heteroatoms. The maximum atomic E-state index is 5.77. The molecule has 1 spiro atoms. The lowest BCUT2D eigenvalue weighted by molar-refractivity contribution is -0.401. The van der Waals surface area contributed by atoms with Crippen LogP contribution >= 0.6 is 0 Å². The molecule has 1 fully saturated rings. The fourth-order valence-electron chi connectivity index (χ4n) is 5.50. The summed E-state index contributed by atoms with van der Waals surface area (Å²) in [6.45, 7) is 6.38. The number of hydrogen-bond donors (Lipinski definition) is 0. The van der Waals surface area contributed by atoms with Crippen molar-refractivity contribution in [3.05, 3.63) is 59.7 Å². The molecule has 1 aliphatic carbocycles. The van der Waals surface area contributed by atoms with Gasteiger partial charge in [0.25, 0.3) is 0 Å². The van der Waals surface area contributed by atoms with E-state index in [1.165, 1.54) is 54.8 Å². The van der Waals surface area contributed by atoms with Gasteiger partial charge in [0.1, 0.15) is 12.8 Å². The van der Waals surface area contributed by atoms with Crippen molar-refractivity contribution < 1.29 is 9.31 Å². The summed E-state index contributed by atoms with van der Waals surface area (Å²) in [4.78, 5) is 2.35. The number of hydrogen-bond acceptors (Lipinski definition) is 2. The van der Waals surface area contributed by atoms with E-state index in [1.807, 2.05) is 0 Å². The van der Waals surface area contributed by atoms with Gasteiger partial charge in [0, 0.05) is 48.1 Å². The monoisotopic (exact) mass is 403 g/mol. The van der Waals surface area contributed by atoms with Gasteiger partial charge in [-0.1, -0.05) is 37.5 Å². The van der Waals surface area contributed by atoms with Gasteiger partial charge in [-0.15, -0.1) is 0 Å². The number of benzene rings is 2. The first-order valence-electron chi connectivity index (χ1n) is 11.5. The van der Waals surface area contributed by atoms with Crippen molar-refractivity contribution in [2.75, 3.05) is 32.1 Å². The van der Waals surface area contributed by atoms with E-state index < -0.39 is 0 Å². The Morgan fingerprint density at radius 2 is 1.73 bits per heavy atom. The smallest absolute Gasteiger partial charge is 0.209 e. The first kappa shape index (κ1) is 20.7. The summed E-state index contributed by atoms with van der Waals surface area (Å²) < 4.78 is 8.18. The zero-order valence-electron chi connectivity index (χ0n) is 18.9. The maximum absolute atomic E-state index is 5.77. The number of fused-ring (bicyclic) bond motifs is 2. The summed E-state index contributed by atoms with van der Waals surface area (Å²) in [5.74, 6) is 0.937. The molecule has 0 amide bonds. The van der Waals surface area contributed by atoms with Crippen molar-refractivity contribution in [1.82, 2.24) is 0 Å². The van der Waals surface area contributed by atoms with E-state index in [-0.39, 0.29) is 5.41 Å². The van der Waals surface area contributed by atoms with Gasteiger partial charge in [0.2, 0.25) is 5.69 Å². The van der Waals surface area contributed by atoms with Crippen molar-refractivity contribution in [3.63, 3.8) is 0 Å². The minimum atomic E-state index is 0.161. The van der Waals surface area contributed by atoms with Gasteiger partial charge in [-0.05, 0) is 44.9 Å². The van der Waals surface area contributed by atoms with E-state index in [0.29, 0.717) is 0 Å². The Kier molecular flexibility index (Phi) is 5.99. The molecule has 2 aliphatic rings. The second-order valence-electron chi connectivity index (χ2n) is 8.54. The van der Waals surface area contributed by atoms with Crippen molar-refractivity contribution in [1.29, 1.82) is 0 Å². The normalized spacial score (nSPS) is 17.6. The van der Waals surface area contributed by atoms with Crippen LogP contribution in [0.3, 0.4) is 0 Å². The molecule has 30 heavy (non-hydrogen) atoms. The molecule has 0 bridgehead atoms. The Labute approximate surface area is 181 Å². The van der Waals surface area contributed by atoms with Crippen LogP contribution in [0.1, 0.15) is 57.1 Å². The summed E-state index contributed by atoms with van der Waals surface area (Å²) >= 11 is 0. The minimum Gasteiger partial charge on any atom is -0.496 e. The van der Waals surface area contributed by atoms with Crippen molar-refractivity contribution in [3.8, 4) is 5.75 Å². The minimum absolute atomic E-state index is 0.161. The third kappa shape index (κ3) is 3.45. The molecule has 158 valence electrons. The number of rotatable bonds is 6. The van der Waals surface area contributed by atoms with Crippen LogP contribution in [0.2, 0.25) is 0 Å². The van der Waals surface area contributed by atoms with E-state index in [1.54, 1.807) is 7.11 Å². The number of allylic oxidation sites excluding steroid dienone is 1. The second kappa shape index (κ2) is 8.67. The fourth-order valence-corrected chi connectivity index (χ4v) is 5.50. The molecular formula is C27H35N2O+. The molecule has 1 heterocycles. The van der Waals surface area contributed by atoms with Crippen LogP contribution in [-0.4, -0.2) is 37.5 Å². The Bertz CT molecular complexity index is 963. The van der Waals surface area contributed by atoms with E-state index in [9.17, 15) is 0 Å². The molecule has 1 aliphatic heterocycles. The van der Waals surface area contributed by atoms with Crippen LogP contribution < -0.4 is 9.64 Å². The first-order chi connectivity index (χ1) is 14.6. The molecule has 0 unspecified atom stereocenters. The van der Waals surface area contributed by atoms with Gasteiger partial charge in [0.15, 0.2) is 5.71 Å². The van der Waals surface area contributed by atoms with Gasteiger partial charge in [-0.2, -0.15) is 4.58 Å². The summed E-state index contributed by atoms with van der Waals surface area (Å²) in [6, 6.07) is 15.5. The van der Waals surface area contributed by atoms with Crippen molar-refractivity contribution >= 4 is 23.2 Å². The third-order valence-corrected chi connectivity index (χ3v) is 7.11. The Hall–Kier alpha value is -2.55. The van der Waals surface area contributed by atoms with E-state index in [2.05, 4.69) is 85.0 Å². The number of ether oxygens (including phenoxy) is 1. The Morgan fingerprint density at radius 1 is 1.00 bits per heavy atom. The zero-order chi connectivity index (χ0) is 21.1. The average molecular weight is 404 g/mol. The highest BCUT2D eigenvalue weighted by atomic mass is 16.5. The average Bonchev–Trinajstić information content (AvgIpc) is 3.01. The summed E-state index contributed by atoms with van der Waals surface area (Å²) in [5, 5.41) is 0. The molecule has 2 aromatic carbocycles. The molecular weight excluding hydrogens is 368 g/mol. The highest BCUT2D eigenvalue weighted by Crippen LogP contribution is 2.48. The Balaban J connectivity index is 1.72. The lowest BCUT2D eigenvalue weighted by Gasteiger charge is -2.31. The van der Waals surface area contributed by atoms with E-state index in [4.69, 9.17) is 4.74 Å². The van der Waals surface area contributed by atoms with E-state index >= 15 is 0 Å². The molecule has 3 nitrogen and oxygen atoms in total. The number of nitrogens with zero attached hydrogens (tertiary/aromatic N) is 2. The lowest BCUT2D eigenvalue weighted by Crippen LogP contribution is -2.36. The predicted octanol–water partition coefficient (Wildman–Crippen LogP) is 6.19. The van der Waals surface area contributed by atoms with Crippen molar-refractivity contribution in [2.45, 2.75) is 51.4 Å². The predicted molar refractivity (Wildman–Crippen MR) is 128 cm³/mol. The van der Waals surface area contributed by atoms with Gasteiger partial charge < -0.3 is 9.64 Å². The fraction of sp³-hybridized carbons (Fsp3) is 0.444. The van der Waals surface area contributed by atoms with Gasteiger partial charge >= 0.3 is 0 Å². The molecule has 0 saturated heterocycles. The van der Waals surface area contributed by atoms with Gasteiger partial charge in [0.05, 0.1) is 12.5 Å². The van der Waals surface area contributed by atoms with Gasteiger partial charge in [-0.3, -0.25) is 0 Å². The van der Waals surface area contributed by atoms with Crippen LogP contribution in [0.5, 0.6) is 5.75 Å². The SMILES string of the molecule is CCN(CC)c1ccc(/C=C/C2=[N+](C)c3ccccc3C23CCCCC3)c(OC)c1.